The van der Waals surface area contributed by atoms with Crippen LogP contribution in [0.2, 0.25) is 0 Å². The maximum absolute atomic E-state index is 13.2. The van der Waals surface area contributed by atoms with Crippen LogP contribution in [0.5, 0.6) is 0 Å². The largest absolute Gasteiger partial charge is 0.336 e. The molecule has 1 fully saturated rings. The summed E-state index contributed by atoms with van der Waals surface area (Å²) in [7, 11) is 0. The minimum atomic E-state index is -0.845. The lowest BCUT2D eigenvalue weighted by Gasteiger charge is -2.25. The normalized spacial score (nSPS) is 19.3. The molecule has 18 heavy (non-hydrogen) atoms. The van der Waals surface area contributed by atoms with Gasteiger partial charge in [0.05, 0.1) is 6.04 Å². The second-order valence-corrected chi connectivity index (χ2v) is 4.67. The van der Waals surface area contributed by atoms with Gasteiger partial charge in [-0.05, 0) is 37.0 Å². The zero-order valence-corrected chi connectivity index (χ0v) is 10.5. The van der Waals surface area contributed by atoms with Gasteiger partial charge >= 0.3 is 0 Å². The Labute approximate surface area is 106 Å². The van der Waals surface area contributed by atoms with Crippen LogP contribution < -0.4 is 0 Å². The Morgan fingerprint density at radius 1 is 1.39 bits per heavy atom. The minimum Gasteiger partial charge on any atom is -0.336 e. The van der Waals surface area contributed by atoms with Gasteiger partial charge in [0.15, 0.2) is 11.6 Å². The van der Waals surface area contributed by atoms with E-state index in [-0.39, 0.29) is 11.9 Å². The quantitative estimate of drug-likeness (QED) is 0.808. The molecule has 1 aliphatic heterocycles. The van der Waals surface area contributed by atoms with Crippen molar-refractivity contribution in [3.05, 3.63) is 35.4 Å². The summed E-state index contributed by atoms with van der Waals surface area (Å²) in [6.45, 7) is 2.67. The number of amides is 1. The van der Waals surface area contributed by atoms with Crippen molar-refractivity contribution in [1.29, 1.82) is 0 Å². The monoisotopic (exact) mass is 253 g/mol. The first kappa shape index (κ1) is 13.0. The van der Waals surface area contributed by atoms with Crippen LogP contribution in [0.4, 0.5) is 8.78 Å². The molecule has 4 heteroatoms. The van der Waals surface area contributed by atoms with Crippen molar-refractivity contribution in [3.8, 4) is 0 Å². The minimum absolute atomic E-state index is 0.0980. The lowest BCUT2D eigenvalue weighted by molar-refractivity contribution is -0.132. The Morgan fingerprint density at radius 3 is 2.83 bits per heavy atom. The van der Waals surface area contributed by atoms with Gasteiger partial charge < -0.3 is 4.90 Å². The van der Waals surface area contributed by atoms with Crippen LogP contribution in [0.3, 0.4) is 0 Å². The molecule has 1 amide bonds. The fraction of sp³-hybridized carbons (Fsp3) is 0.500. The zero-order valence-electron chi connectivity index (χ0n) is 10.5. The summed E-state index contributed by atoms with van der Waals surface area (Å²) < 4.78 is 26.1. The number of likely N-dealkylation sites (tertiary alicyclic amines) is 1. The highest BCUT2D eigenvalue weighted by molar-refractivity contribution is 5.77. The van der Waals surface area contributed by atoms with Gasteiger partial charge in [-0.1, -0.05) is 13.0 Å². The van der Waals surface area contributed by atoms with Gasteiger partial charge in [0.2, 0.25) is 5.91 Å². The van der Waals surface area contributed by atoms with Crippen molar-refractivity contribution in [1.82, 2.24) is 4.90 Å². The smallest absolute Gasteiger partial charge is 0.223 e. The fourth-order valence-electron chi connectivity index (χ4n) is 2.49. The number of hydrogen-bond acceptors (Lipinski definition) is 1. The van der Waals surface area contributed by atoms with Crippen LogP contribution in [0.1, 0.15) is 44.2 Å². The van der Waals surface area contributed by atoms with Crippen LogP contribution in [0.25, 0.3) is 0 Å². The van der Waals surface area contributed by atoms with E-state index in [1.54, 1.807) is 11.0 Å². The first-order chi connectivity index (χ1) is 8.63. The molecule has 0 aromatic heterocycles. The van der Waals surface area contributed by atoms with Crippen molar-refractivity contribution in [3.63, 3.8) is 0 Å². The first-order valence-electron chi connectivity index (χ1n) is 6.38. The fourth-order valence-corrected chi connectivity index (χ4v) is 2.49. The Kier molecular flexibility index (Phi) is 3.94. The number of carbonyl (C=O) groups is 1. The number of nitrogens with zero attached hydrogens (tertiary/aromatic N) is 1. The van der Waals surface area contributed by atoms with Crippen LogP contribution in [0, 0.1) is 11.6 Å². The summed E-state index contributed by atoms with van der Waals surface area (Å²) >= 11 is 0. The Morgan fingerprint density at radius 2 is 2.17 bits per heavy atom. The number of halogens is 2. The summed E-state index contributed by atoms with van der Waals surface area (Å²) in [5.41, 5.74) is 0.691. The molecule has 1 aromatic carbocycles. The number of hydrogen-bond donors (Lipinski definition) is 0. The van der Waals surface area contributed by atoms with Crippen LogP contribution in [-0.2, 0) is 4.79 Å². The lowest BCUT2D eigenvalue weighted by atomic mass is 10.0. The predicted molar refractivity (Wildman–Crippen MR) is 65.0 cm³/mol. The molecule has 0 radical (unpaired) electrons. The van der Waals surface area contributed by atoms with E-state index in [9.17, 15) is 13.6 Å². The summed E-state index contributed by atoms with van der Waals surface area (Å²) in [6, 6.07) is 3.81. The molecule has 0 saturated carbocycles. The van der Waals surface area contributed by atoms with E-state index in [1.165, 1.54) is 6.07 Å². The van der Waals surface area contributed by atoms with Gasteiger partial charge in [-0.2, -0.15) is 0 Å². The van der Waals surface area contributed by atoms with E-state index in [0.717, 1.165) is 25.3 Å². The molecule has 1 saturated heterocycles. The van der Waals surface area contributed by atoms with E-state index < -0.39 is 11.6 Å². The molecular weight excluding hydrogens is 236 g/mol. The molecule has 2 nitrogen and oxygen atoms in total. The molecular formula is C14H17F2NO. The second-order valence-electron chi connectivity index (χ2n) is 4.67. The third-order valence-electron chi connectivity index (χ3n) is 3.37. The molecule has 0 N–H and O–H groups in total. The van der Waals surface area contributed by atoms with E-state index >= 15 is 0 Å². The number of rotatable bonds is 3. The number of carbonyl (C=O) groups excluding carboxylic acids is 1. The van der Waals surface area contributed by atoms with Gasteiger partial charge in [-0.15, -0.1) is 0 Å². The highest BCUT2D eigenvalue weighted by Gasteiger charge is 2.29. The highest BCUT2D eigenvalue weighted by atomic mass is 19.2. The molecule has 98 valence electrons. The van der Waals surface area contributed by atoms with Gasteiger partial charge in [0, 0.05) is 13.0 Å². The van der Waals surface area contributed by atoms with Gasteiger partial charge in [0.25, 0.3) is 0 Å². The molecule has 0 spiro atoms. The molecule has 1 heterocycles. The average Bonchev–Trinajstić information content (AvgIpc) is 2.82. The Balaban J connectivity index is 2.20. The summed E-state index contributed by atoms with van der Waals surface area (Å²) in [5.74, 6) is -1.59. The van der Waals surface area contributed by atoms with Crippen molar-refractivity contribution in [2.45, 2.75) is 38.6 Å². The van der Waals surface area contributed by atoms with E-state index in [0.29, 0.717) is 18.5 Å². The van der Waals surface area contributed by atoms with Crippen LogP contribution >= 0.6 is 0 Å². The molecule has 0 bridgehead atoms. The third-order valence-corrected chi connectivity index (χ3v) is 3.37. The molecule has 0 aliphatic carbocycles. The van der Waals surface area contributed by atoms with Gasteiger partial charge in [-0.3, -0.25) is 4.79 Å². The Hall–Kier alpha value is -1.45. The van der Waals surface area contributed by atoms with Gasteiger partial charge in [-0.25, -0.2) is 8.78 Å². The van der Waals surface area contributed by atoms with Crippen molar-refractivity contribution < 1.29 is 13.6 Å². The molecule has 1 aromatic rings. The van der Waals surface area contributed by atoms with Gasteiger partial charge in [0.1, 0.15) is 0 Å². The van der Waals surface area contributed by atoms with E-state index in [1.807, 2.05) is 6.92 Å². The summed E-state index contributed by atoms with van der Waals surface area (Å²) in [6.07, 6.45) is 3.06. The summed E-state index contributed by atoms with van der Waals surface area (Å²) in [5, 5.41) is 0. The van der Waals surface area contributed by atoms with Crippen LogP contribution in [-0.4, -0.2) is 17.4 Å². The SMILES string of the molecule is CCCC(=O)N1CCCC1c1ccc(F)c(F)c1. The average molecular weight is 253 g/mol. The van der Waals surface area contributed by atoms with Crippen molar-refractivity contribution in [2.24, 2.45) is 0 Å². The molecule has 1 aliphatic rings. The topological polar surface area (TPSA) is 20.3 Å². The molecule has 1 atom stereocenters. The second kappa shape index (κ2) is 5.46. The molecule has 2 rings (SSSR count). The lowest BCUT2D eigenvalue weighted by Crippen LogP contribution is -2.30. The van der Waals surface area contributed by atoms with Crippen LogP contribution in [0.15, 0.2) is 18.2 Å². The van der Waals surface area contributed by atoms with E-state index in [4.69, 9.17) is 0 Å². The summed E-state index contributed by atoms with van der Waals surface area (Å²) in [4.78, 5) is 13.7. The first-order valence-corrected chi connectivity index (χ1v) is 6.38. The molecule has 1 unspecified atom stereocenters. The van der Waals surface area contributed by atoms with E-state index in [2.05, 4.69) is 0 Å². The third kappa shape index (κ3) is 2.52. The number of benzene rings is 1. The maximum Gasteiger partial charge on any atom is 0.223 e. The van der Waals surface area contributed by atoms with Crippen molar-refractivity contribution >= 4 is 5.91 Å². The Bertz CT molecular complexity index is 447. The zero-order chi connectivity index (χ0) is 13.1. The van der Waals surface area contributed by atoms with Crippen molar-refractivity contribution in [2.75, 3.05) is 6.54 Å². The highest BCUT2D eigenvalue weighted by Crippen LogP contribution is 2.33. The predicted octanol–water partition coefficient (Wildman–Crippen LogP) is 3.43. The standard InChI is InChI=1S/C14H17F2NO/c1-2-4-14(18)17-8-3-5-13(17)10-6-7-11(15)12(16)9-10/h6-7,9,13H,2-5,8H2,1H3. The maximum atomic E-state index is 13.2.